The standard InChI is InChI=1S/C12H15NO2/c1-8(14)10-7-9-5-3-4-6-11(9)13-12(10)15-2/h7H,3-6H2,1-2H3. The van der Waals surface area contributed by atoms with Crippen LogP contribution in [-0.4, -0.2) is 17.9 Å². The average molecular weight is 205 g/mol. The topological polar surface area (TPSA) is 39.2 Å². The van der Waals surface area contributed by atoms with Crippen LogP contribution in [0.25, 0.3) is 0 Å². The first-order valence-corrected chi connectivity index (χ1v) is 5.30. The molecule has 80 valence electrons. The van der Waals surface area contributed by atoms with Crippen LogP contribution in [0.5, 0.6) is 5.88 Å². The highest BCUT2D eigenvalue weighted by molar-refractivity contribution is 5.96. The summed E-state index contributed by atoms with van der Waals surface area (Å²) in [4.78, 5) is 15.8. The zero-order valence-corrected chi connectivity index (χ0v) is 9.17. The molecular formula is C12H15NO2. The van der Waals surface area contributed by atoms with Gasteiger partial charge in [-0.15, -0.1) is 0 Å². The van der Waals surface area contributed by atoms with Gasteiger partial charge in [0.25, 0.3) is 0 Å². The maximum atomic E-state index is 11.4. The van der Waals surface area contributed by atoms with Crippen LogP contribution in [0.15, 0.2) is 6.07 Å². The summed E-state index contributed by atoms with van der Waals surface area (Å²) in [6.45, 7) is 1.55. The van der Waals surface area contributed by atoms with Crippen LogP contribution in [0.4, 0.5) is 0 Å². The summed E-state index contributed by atoms with van der Waals surface area (Å²) < 4.78 is 5.14. The van der Waals surface area contributed by atoms with Gasteiger partial charge in [-0.2, -0.15) is 0 Å². The van der Waals surface area contributed by atoms with Crippen molar-refractivity contribution in [3.8, 4) is 5.88 Å². The number of ketones is 1. The molecule has 0 aromatic carbocycles. The van der Waals surface area contributed by atoms with Crippen LogP contribution < -0.4 is 4.74 Å². The van der Waals surface area contributed by atoms with E-state index in [2.05, 4.69) is 4.98 Å². The van der Waals surface area contributed by atoms with Crippen LogP contribution in [0.1, 0.15) is 41.4 Å². The lowest BCUT2D eigenvalue weighted by Crippen LogP contribution is -2.10. The number of hydrogen-bond acceptors (Lipinski definition) is 3. The van der Waals surface area contributed by atoms with Crippen molar-refractivity contribution in [3.63, 3.8) is 0 Å². The summed E-state index contributed by atoms with van der Waals surface area (Å²) >= 11 is 0. The van der Waals surface area contributed by atoms with Crippen molar-refractivity contribution in [1.29, 1.82) is 0 Å². The molecular weight excluding hydrogens is 190 g/mol. The summed E-state index contributed by atoms with van der Waals surface area (Å²) in [6, 6.07) is 1.95. The molecule has 1 aliphatic carbocycles. The third-order valence-corrected chi connectivity index (χ3v) is 2.84. The van der Waals surface area contributed by atoms with Crippen molar-refractivity contribution >= 4 is 5.78 Å². The highest BCUT2D eigenvalue weighted by Crippen LogP contribution is 2.25. The van der Waals surface area contributed by atoms with E-state index in [1.807, 2.05) is 6.07 Å². The lowest BCUT2D eigenvalue weighted by molar-refractivity contribution is 0.101. The van der Waals surface area contributed by atoms with Gasteiger partial charge in [0, 0.05) is 5.69 Å². The number of carbonyl (C=O) groups excluding carboxylic acids is 1. The number of Topliss-reactive ketones (excluding diaryl/α,β-unsaturated/α-hetero) is 1. The highest BCUT2D eigenvalue weighted by Gasteiger charge is 2.17. The van der Waals surface area contributed by atoms with Gasteiger partial charge < -0.3 is 4.74 Å². The van der Waals surface area contributed by atoms with E-state index in [1.165, 1.54) is 18.4 Å². The molecule has 0 unspecified atom stereocenters. The van der Waals surface area contributed by atoms with Crippen molar-refractivity contribution < 1.29 is 9.53 Å². The van der Waals surface area contributed by atoms with Crippen LogP contribution in [0, 0.1) is 0 Å². The van der Waals surface area contributed by atoms with Gasteiger partial charge in [0.2, 0.25) is 5.88 Å². The highest BCUT2D eigenvalue weighted by atomic mass is 16.5. The van der Waals surface area contributed by atoms with Gasteiger partial charge in [0.05, 0.1) is 12.7 Å². The first kappa shape index (κ1) is 10.1. The smallest absolute Gasteiger partial charge is 0.224 e. The van der Waals surface area contributed by atoms with E-state index in [0.29, 0.717) is 11.4 Å². The molecule has 0 atom stereocenters. The van der Waals surface area contributed by atoms with Gasteiger partial charge in [0.1, 0.15) is 0 Å². The Morgan fingerprint density at radius 2 is 2.13 bits per heavy atom. The maximum absolute atomic E-state index is 11.4. The summed E-state index contributed by atoms with van der Waals surface area (Å²) in [5.74, 6) is 0.496. The molecule has 0 amide bonds. The first-order valence-electron chi connectivity index (χ1n) is 5.30. The predicted molar refractivity (Wildman–Crippen MR) is 57.4 cm³/mol. The zero-order valence-electron chi connectivity index (χ0n) is 9.17. The third-order valence-electron chi connectivity index (χ3n) is 2.84. The third kappa shape index (κ3) is 1.87. The average Bonchev–Trinajstić information content (AvgIpc) is 2.27. The van der Waals surface area contributed by atoms with E-state index in [4.69, 9.17) is 4.74 Å². The molecule has 3 heteroatoms. The van der Waals surface area contributed by atoms with Crippen molar-refractivity contribution in [3.05, 3.63) is 22.9 Å². The molecule has 0 bridgehead atoms. The molecule has 0 fully saturated rings. The monoisotopic (exact) mass is 205 g/mol. The summed E-state index contributed by atoms with van der Waals surface area (Å²) in [7, 11) is 1.56. The Kier molecular flexibility index (Phi) is 2.71. The van der Waals surface area contributed by atoms with Crippen molar-refractivity contribution in [2.24, 2.45) is 0 Å². The molecule has 1 aromatic heterocycles. The molecule has 0 radical (unpaired) electrons. The Bertz CT molecular complexity index is 399. The SMILES string of the molecule is COc1nc2c(cc1C(C)=O)CCCC2. The van der Waals surface area contributed by atoms with Gasteiger partial charge in [-0.25, -0.2) is 4.98 Å². The van der Waals surface area contributed by atoms with Gasteiger partial charge in [-0.1, -0.05) is 0 Å². The van der Waals surface area contributed by atoms with Gasteiger partial charge in [0.15, 0.2) is 5.78 Å². The molecule has 1 aliphatic rings. The Labute approximate surface area is 89.5 Å². The number of carbonyl (C=O) groups is 1. The number of ether oxygens (including phenoxy) is 1. The fraction of sp³-hybridized carbons (Fsp3) is 0.500. The van der Waals surface area contributed by atoms with Gasteiger partial charge >= 0.3 is 0 Å². The number of methoxy groups -OCH3 is 1. The predicted octanol–water partition coefficient (Wildman–Crippen LogP) is 2.17. The second-order valence-electron chi connectivity index (χ2n) is 3.91. The molecule has 1 aromatic rings. The van der Waals surface area contributed by atoms with E-state index in [-0.39, 0.29) is 5.78 Å². The zero-order chi connectivity index (χ0) is 10.8. The lowest BCUT2D eigenvalue weighted by atomic mass is 9.94. The van der Waals surface area contributed by atoms with E-state index >= 15 is 0 Å². The number of hydrogen-bond donors (Lipinski definition) is 0. The minimum Gasteiger partial charge on any atom is -0.480 e. The fourth-order valence-corrected chi connectivity index (χ4v) is 2.02. The Morgan fingerprint density at radius 3 is 2.80 bits per heavy atom. The molecule has 0 saturated carbocycles. The first-order chi connectivity index (χ1) is 7.22. The molecule has 1 heterocycles. The van der Waals surface area contributed by atoms with E-state index < -0.39 is 0 Å². The van der Waals surface area contributed by atoms with Crippen molar-refractivity contribution in [1.82, 2.24) is 4.98 Å². The quantitative estimate of drug-likeness (QED) is 0.694. The molecule has 2 rings (SSSR count). The number of pyridine rings is 1. The normalized spacial score (nSPS) is 14.5. The van der Waals surface area contributed by atoms with Crippen molar-refractivity contribution in [2.75, 3.05) is 7.11 Å². The van der Waals surface area contributed by atoms with Gasteiger partial charge in [-0.05, 0) is 44.2 Å². The maximum Gasteiger partial charge on any atom is 0.224 e. The number of aryl methyl sites for hydroxylation is 2. The second kappa shape index (κ2) is 4.01. The lowest BCUT2D eigenvalue weighted by Gasteiger charge is -2.16. The molecule has 3 nitrogen and oxygen atoms in total. The van der Waals surface area contributed by atoms with Crippen LogP contribution >= 0.6 is 0 Å². The summed E-state index contributed by atoms with van der Waals surface area (Å²) in [6.07, 6.45) is 4.41. The Hall–Kier alpha value is -1.38. The Morgan fingerprint density at radius 1 is 1.40 bits per heavy atom. The van der Waals surface area contributed by atoms with E-state index in [0.717, 1.165) is 18.5 Å². The Balaban J connectivity index is 2.51. The van der Waals surface area contributed by atoms with Crippen LogP contribution in [-0.2, 0) is 12.8 Å². The van der Waals surface area contributed by atoms with Crippen LogP contribution in [0.2, 0.25) is 0 Å². The minimum absolute atomic E-state index is 0.0210. The molecule has 0 N–H and O–H groups in total. The second-order valence-corrected chi connectivity index (χ2v) is 3.91. The number of fused-ring (bicyclic) bond motifs is 1. The number of aromatic nitrogens is 1. The van der Waals surface area contributed by atoms with Crippen molar-refractivity contribution in [2.45, 2.75) is 32.6 Å². The van der Waals surface area contributed by atoms with E-state index in [1.54, 1.807) is 14.0 Å². The molecule has 0 aliphatic heterocycles. The van der Waals surface area contributed by atoms with Crippen LogP contribution in [0.3, 0.4) is 0 Å². The number of rotatable bonds is 2. The largest absolute Gasteiger partial charge is 0.480 e. The summed E-state index contributed by atoms with van der Waals surface area (Å²) in [5, 5.41) is 0. The van der Waals surface area contributed by atoms with E-state index in [9.17, 15) is 4.79 Å². The fourth-order valence-electron chi connectivity index (χ4n) is 2.02. The molecule has 0 saturated heterocycles. The summed E-state index contributed by atoms with van der Waals surface area (Å²) in [5.41, 5.74) is 2.92. The number of nitrogens with zero attached hydrogens (tertiary/aromatic N) is 1. The minimum atomic E-state index is 0.0210. The molecule has 0 spiro atoms. The van der Waals surface area contributed by atoms with Gasteiger partial charge in [-0.3, -0.25) is 4.79 Å². The molecule has 15 heavy (non-hydrogen) atoms.